The van der Waals surface area contributed by atoms with E-state index in [-0.39, 0.29) is 31.1 Å². The molecule has 6 heteroatoms. The van der Waals surface area contributed by atoms with Crippen LogP contribution in [0.5, 0.6) is 0 Å². The Hall–Kier alpha value is -3.67. The summed E-state index contributed by atoms with van der Waals surface area (Å²) in [6, 6.07) is 0. The molecule has 412 valence electrons. The summed E-state index contributed by atoms with van der Waals surface area (Å²) < 4.78 is 16.9. The van der Waals surface area contributed by atoms with Crippen molar-refractivity contribution in [1.82, 2.24) is 0 Å². The van der Waals surface area contributed by atoms with Gasteiger partial charge in [0, 0.05) is 19.3 Å². The predicted molar refractivity (Wildman–Crippen MR) is 311 cm³/mol. The summed E-state index contributed by atoms with van der Waals surface area (Å²) in [6.45, 7) is 6.45. The van der Waals surface area contributed by atoms with Crippen molar-refractivity contribution in [2.24, 2.45) is 0 Å². The van der Waals surface area contributed by atoms with Crippen LogP contribution < -0.4 is 0 Å². The van der Waals surface area contributed by atoms with Gasteiger partial charge in [-0.25, -0.2) is 0 Å². The van der Waals surface area contributed by atoms with E-state index in [1.54, 1.807) is 0 Å². The fourth-order valence-corrected chi connectivity index (χ4v) is 8.27. The SMILES string of the molecule is CC/C=C\C/C=C\C/C=C\C/C=C\CCCCCCCCCCCCC(=O)OCC(COC(=O)CCCCCCC/C=C\CCC)OC(=O)CCCCCCCC/C=C\C/C=C\C/C=C\CCCCCCC. The molecule has 72 heavy (non-hydrogen) atoms. The Morgan fingerprint density at radius 1 is 0.292 bits per heavy atom. The Kier molecular flexibility index (Phi) is 56.8. The van der Waals surface area contributed by atoms with Gasteiger partial charge in [0.15, 0.2) is 6.10 Å². The molecule has 0 heterocycles. The summed E-state index contributed by atoms with van der Waals surface area (Å²) in [5.74, 6) is -0.911. The molecule has 6 nitrogen and oxygen atoms in total. The molecule has 0 N–H and O–H groups in total. The van der Waals surface area contributed by atoms with Gasteiger partial charge in [-0.2, -0.15) is 0 Å². The normalized spacial score (nSPS) is 12.8. The van der Waals surface area contributed by atoms with Crippen molar-refractivity contribution in [2.45, 2.75) is 290 Å². The van der Waals surface area contributed by atoms with Crippen LogP contribution in [0.4, 0.5) is 0 Å². The maximum atomic E-state index is 12.9. The maximum Gasteiger partial charge on any atom is 0.306 e. The third-order valence-electron chi connectivity index (χ3n) is 12.8. The molecule has 0 amide bonds. The molecule has 0 rings (SSSR count). The smallest absolute Gasteiger partial charge is 0.306 e. The lowest BCUT2D eigenvalue weighted by Gasteiger charge is -2.18. The van der Waals surface area contributed by atoms with Crippen LogP contribution >= 0.6 is 0 Å². The fourth-order valence-electron chi connectivity index (χ4n) is 8.27. The third kappa shape index (κ3) is 57.2. The Labute approximate surface area is 445 Å². The van der Waals surface area contributed by atoms with Crippen LogP contribution in [-0.4, -0.2) is 37.2 Å². The van der Waals surface area contributed by atoms with Gasteiger partial charge in [0.1, 0.15) is 13.2 Å². The van der Waals surface area contributed by atoms with E-state index in [1.165, 1.54) is 116 Å². The molecule has 0 fully saturated rings. The number of ether oxygens (including phenoxy) is 3. The molecule has 1 unspecified atom stereocenters. The number of hydrogen-bond donors (Lipinski definition) is 0. The van der Waals surface area contributed by atoms with E-state index in [9.17, 15) is 14.4 Å². The molecule has 0 aliphatic heterocycles. The van der Waals surface area contributed by atoms with Crippen LogP contribution in [0, 0.1) is 0 Å². The average molecular weight is 1000 g/mol. The van der Waals surface area contributed by atoms with Crippen LogP contribution in [0.25, 0.3) is 0 Å². The molecular formula is C66H112O6. The molecule has 0 spiro atoms. The van der Waals surface area contributed by atoms with E-state index in [1.807, 2.05) is 0 Å². The number of rotatable bonds is 54. The summed E-state index contributed by atoms with van der Waals surface area (Å²) in [6.07, 6.45) is 79.8. The molecule has 1 atom stereocenters. The van der Waals surface area contributed by atoms with Gasteiger partial charge in [-0.1, -0.05) is 246 Å². The highest BCUT2D eigenvalue weighted by Gasteiger charge is 2.19. The van der Waals surface area contributed by atoms with Gasteiger partial charge in [0.05, 0.1) is 0 Å². The Balaban J connectivity index is 4.32. The van der Waals surface area contributed by atoms with Crippen LogP contribution in [0.15, 0.2) is 97.2 Å². The minimum Gasteiger partial charge on any atom is -0.462 e. The van der Waals surface area contributed by atoms with E-state index < -0.39 is 6.10 Å². The fraction of sp³-hybridized carbons (Fsp3) is 0.712. The number of carbonyl (C=O) groups excluding carboxylic acids is 3. The van der Waals surface area contributed by atoms with Crippen molar-refractivity contribution >= 4 is 17.9 Å². The molecule has 0 saturated carbocycles. The molecule has 0 aliphatic rings. The summed E-state index contributed by atoms with van der Waals surface area (Å²) in [5, 5.41) is 0. The zero-order chi connectivity index (χ0) is 52.2. The highest BCUT2D eigenvalue weighted by atomic mass is 16.6. The summed E-state index contributed by atoms with van der Waals surface area (Å²) in [4.78, 5) is 38.2. The summed E-state index contributed by atoms with van der Waals surface area (Å²) in [7, 11) is 0. The first-order chi connectivity index (χ1) is 35.5. The van der Waals surface area contributed by atoms with Crippen molar-refractivity contribution in [2.75, 3.05) is 13.2 Å². The highest BCUT2D eigenvalue weighted by molar-refractivity contribution is 5.71. The first-order valence-electron chi connectivity index (χ1n) is 30.2. The first kappa shape index (κ1) is 68.3. The van der Waals surface area contributed by atoms with E-state index in [2.05, 4.69) is 118 Å². The van der Waals surface area contributed by atoms with E-state index in [0.717, 1.165) is 128 Å². The van der Waals surface area contributed by atoms with Crippen molar-refractivity contribution in [3.63, 3.8) is 0 Å². The van der Waals surface area contributed by atoms with Gasteiger partial charge in [0.25, 0.3) is 0 Å². The topological polar surface area (TPSA) is 78.9 Å². The lowest BCUT2D eigenvalue weighted by Crippen LogP contribution is -2.30. The highest BCUT2D eigenvalue weighted by Crippen LogP contribution is 2.15. The average Bonchev–Trinajstić information content (AvgIpc) is 3.38. The summed E-state index contributed by atoms with van der Waals surface area (Å²) in [5.41, 5.74) is 0. The van der Waals surface area contributed by atoms with Crippen molar-refractivity contribution in [3.8, 4) is 0 Å². The van der Waals surface area contributed by atoms with Gasteiger partial charge in [-0.15, -0.1) is 0 Å². The second-order valence-corrected chi connectivity index (χ2v) is 19.9. The predicted octanol–water partition coefficient (Wildman–Crippen LogP) is 20.5. The molecule has 0 saturated heterocycles. The van der Waals surface area contributed by atoms with Gasteiger partial charge >= 0.3 is 17.9 Å². The number of hydrogen-bond acceptors (Lipinski definition) is 6. The monoisotopic (exact) mass is 1000 g/mol. The lowest BCUT2D eigenvalue weighted by atomic mass is 10.1. The Morgan fingerprint density at radius 2 is 0.569 bits per heavy atom. The Morgan fingerprint density at radius 3 is 0.917 bits per heavy atom. The van der Waals surface area contributed by atoms with Gasteiger partial charge in [-0.3, -0.25) is 14.4 Å². The van der Waals surface area contributed by atoms with Crippen molar-refractivity contribution in [1.29, 1.82) is 0 Å². The number of unbranched alkanes of at least 4 members (excludes halogenated alkanes) is 27. The quantitative estimate of drug-likeness (QED) is 0.0261. The minimum atomic E-state index is -0.791. The molecule has 0 aliphatic carbocycles. The van der Waals surface area contributed by atoms with Crippen molar-refractivity contribution < 1.29 is 28.6 Å². The van der Waals surface area contributed by atoms with Crippen LogP contribution in [0.2, 0.25) is 0 Å². The third-order valence-corrected chi connectivity index (χ3v) is 12.8. The molecule has 0 radical (unpaired) electrons. The lowest BCUT2D eigenvalue weighted by molar-refractivity contribution is -0.167. The number of carbonyl (C=O) groups is 3. The van der Waals surface area contributed by atoms with Crippen LogP contribution in [0.1, 0.15) is 284 Å². The first-order valence-corrected chi connectivity index (χ1v) is 30.2. The van der Waals surface area contributed by atoms with Crippen LogP contribution in [-0.2, 0) is 28.6 Å². The number of allylic oxidation sites excluding steroid dienone is 16. The largest absolute Gasteiger partial charge is 0.462 e. The number of esters is 3. The van der Waals surface area contributed by atoms with Crippen LogP contribution in [0.3, 0.4) is 0 Å². The molecule has 0 bridgehead atoms. The molecular weight excluding hydrogens is 889 g/mol. The molecule has 0 aromatic carbocycles. The van der Waals surface area contributed by atoms with E-state index >= 15 is 0 Å². The second-order valence-electron chi connectivity index (χ2n) is 19.9. The van der Waals surface area contributed by atoms with Gasteiger partial charge < -0.3 is 14.2 Å². The standard InChI is InChI=1S/C66H112O6/c1-4-7-10-13-16-19-22-24-26-28-30-32-33-35-36-38-40-42-44-47-50-53-56-59-65(68)71-62-63(61-70-64(67)58-55-52-49-46-21-18-15-12-9-6-3)72-66(69)60-57-54-51-48-45-43-41-39-37-34-31-29-27-25-23-20-17-14-11-8-5-2/h7,10,12,15-16,19,23-26,29-32,37,39,63H,4-6,8-9,11,13-14,17-18,20-22,27-28,33-36,38,40-62H2,1-3H3/b10-7-,15-12-,19-16-,25-23-,26-24-,31-29-,32-30-,39-37-. The van der Waals surface area contributed by atoms with Gasteiger partial charge in [0.2, 0.25) is 0 Å². The minimum absolute atomic E-state index is 0.0879. The van der Waals surface area contributed by atoms with Gasteiger partial charge in [-0.05, 0) is 116 Å². The zero-order valence-electron chi connectivity index (χ0n) is 47.2. The molecule has 0 aromatic heterocycles. The molecule has 0 aromatic rings. The van der Waals surface area contributed by atoms with E-state index in [4.69, 9.17) is 14.2 Å². The van der Waals surface area contributed by atoms with Crippen molar-refractivity contribution in [3.05, 3.63) is 97.2 Å². The maximum absolute atomic E-state index is 12.9. The second kappa shape index (κ2) is 59.9. The van der Waals surface area contributed by atoms with E-state index in [0.29, 0.717) is 19.3 Å². The zero-order valence-corrected chi connectivity index (χ0v) is 47.2. The summed E-state index contributed by atoms with van der Waals surface area (Å²) >= 11 is 0. The Bertz CT molecular complexity index is 1430.